The Balaban J connectivity index is 1.99. The van der Waals surface area contributed by atoms with Crippen molar-refractivity contribution in [2.45, 2.75) is 13.5 Å². The van der Waals surface area contributed by atoms with Gasteiger partial charge in [-0.3, -0.25) is 4.68 Å². The van der Waals surface area contributed by atoms with Crippen LogP contribution in [0.25, 0.3) is 10.9 Å². The first kappa shape index (κ1) is 11.5. The number of nitrogens with zero attached hydrogens (tertiary/aromatic N) is 2. The molecule has 1 aromatic carbocycles. The van der Waals surface area contributed by atoms with Crippen LogP contribution in [-0.4, -0.2) is 20.9 Å². The summed E-state index contributed by atoms with van der Waals surface area (Å²) >= 11 is 0. The zero-order valence-corrected chi connectivity index (χ0v) is 10.3. The number of carbonyl (C=O) groups is 1. The highest BCUT2D eigenvalue weighted by Gasteiger charge is 2.14. The van der Waals surface area contributed by atoms with Crippen molar-refractivity contribution in [1.29, 1.82) is 0 Å². The third kappa shape index (κ3) is 1.99. The molecule has 96 valence electrons. The number of hydrogen-bond donors (Lipinski definition) is 1. The molecule has 0 aliphatic carbocycles. The van der Waals surface area contributed by atoms with Crippen molar-refractivity contribution in [3.05, 3.63) is 53.6 Å². The summed E-state index contributed by atoms with van der Waals surface area (Å²) in [5, 5.41) is 14.3. The molecule has 2 aromatic heterocycles. The quantitative estimate of drug-likeness (QED) is 0.782. The third-order valence-electron chi connectivity index (χ3n) is 3.10. The lowest BCUT2D eigenvalue weighted by atomic mass is 10.2. The Bertz CT molecular complexity index is 755. The van der Waals surface area contributed by atoms with Crippen LogP contribution in [0.2, 0.25) is 0 Å². The Morgan fingerprint density at radius 2 is 2.21 bits per heavy atom. The van der Waals surface area contributed by atoms with E-state index in [4.69, 9.17) is 9.52 Å². The highest BCUT2D eigenvalue weighted by molar-refractivity contribution is 5.84. The van der Waals surface area contributed by atoms with E-state index in [0.717, 1.165) is 16.5 Å². The van der Waals surface area contributed by atoms with E-state index < -0.39 is 5.97 Å². The molecule has 3 rings (SSSR count). The lowest BCUT2D eigenvalue weighted by Crippen LogP contribution is -2.01. The van der Waals surface area contributed by atoms with Crippen molar-refractivity contribution in [2.24, 2.45) is 0 Å². The number of fused-ring (bicyclic) bond motifs is 1. The molecule has 0 fully saturated rings. The summed E-state index contributed by atoms with van der Waals surface area (Å²) in [5.74, 6) is -0.486. The van der Waals surface area contributed by atoms with Crippen LogP contribution in [0.5, 0.6) is 0 Å². The third-order valence-corrected chi connectivity index (χ3v) is 3.10. The topological polar surface area (TPSA) is 68.3 Å². The smallest absolute Gasteiger partial charge is 0.371 e. The van der Waals surface area contributed by atoms with Gasteiger partial charge in [0.25, 0.3) is 0 Å². The zero-order chi connectivity index (χ0) is 13.4. The van der Waals surface area contributed by atoms with Gasteiger partial charge in [-0.1, -0.05) is 18.2 Å². The van der Waals surface area contributed by atoms with Gasteiger partial charge in [0.15, 0.2) is 0 Å². The van der Waals surface area contributed by atoms with Crippen molar-refractivity contribution >= 4 is 16.9 Å². The number of furan rings is 1. The van der Waals surface area contributed by atoms with Crippen LogP contribution in [0.4, 0.5) is 0 Å². The summed E-state index contributed by atoms with van der Waals surface area (Å²) in [6, 6.07) is 9.43. The van der Waals surface area contributed by atoms with E-state index in [1.165, 1.54) is 0 Å². The van der Waals surface area contributed by atoms with E-state index in [-0.39, 0.29) is 5.76 Å². The van der Waals surface area contributed by atoms with Gasteiger partial charge in [0, 0.05) is 10.9 Å². The molecule has 0 radical (unpaired) electrons. The van der Waals surface area contributed by atoms with Crippen molar-refractivity contribution in [1.82, 2.24) is 9.78 Å². The van der Waals surface area contributed by atoms with Gasteiger partial charge in [-0.05, 0) is 19.1 Å². The zero-order valence-electron chi connectivity index (χ0n) is 10.3. The van der Waals surface area contributed by atoms with Crippen LogP contribution in [0, 0.1) is 6.92 Å². The normalized spacial score (nSPS) is 11.0. The largest absolute Gasteiger partial charge is 0.475 e. The molecule has 5 nitrogen and oxygen atoms in total. The number of aryl methyl sites for hydroxylation is 1. The lowest BCUT2D eigenvalue weighted by molar-refractivity contribution is 0.0661. The number of carboxylic acids is 1. The standard InChI is InChI=1S/C14H12N2O3/c1-9-11(6-13(19-9)14(17)18)8-16-12-5-3-2-4-10(12)7-15-16/h2-7H,8H2,1H3,(H,17,18). The first-order chi connectivity index (χ1) is 9.15. The average molecular weight is 256 g/mol. The molecule has 2 heterocycles. The number of para-hydroxylation sites is 1. The molecule has 0 saturated heterocycles. The van der Waals surface area contributed by atoms with Crippen LogP contribution in [0.15, 0.2) is 40.9 Å². The maximum absolute atomic E-state index is 10.9. The van der Waals surface area contributed by atoms with Gasteiger partial charge in [0.05, 0.1) is 18.3 Å². The summed E-state index contributed by atoms with van der Waals surface area (Å²) < 4.78 is 7.03. The highest BCUT2D eigenvalue weighted by atomic mass is 16.4. The van der Waals surface area contributed by atoms with Gasteiger partial charge in [-0.2, -0.15) is 5.10 Å². The van der Waals surface area contributed by atoms with Gasteiger partial charge < -0.3 is 9.52 Å². The molecule has 0 amide bonds. The Morgan fingerprint density at radius 1 is 1.42 bits per heavy atom. The molecule has 19 heavy (non-hydrogen) atoms. The monoisotopic (exact) mass is 256 g/mol. The molecule has 3 aromatic rings. The number of aromatic nitrogens is 2. The van der Waals surface area contributed by atoms with Crippen LogP contribution in [0.3, 0.4) is 0 Å². The van der Waals surface area contributed by atoms with Crippen molar-refractivity contribution < 1.29 is 14.3 Å². The Hall–Kier alpha value is -2.56. The molecule has 0 atom stereocenters. The van der Waals surface area contributed by atoms with E-state index >= 15 is 0 Å². The minimum Gasteiger partial charge on any atom is -0.475 e. The molecule has 0 spiro atoms. The molecular weight excluding hydrogens is 244 g/mol. The Morgan fingerprint density at radius 3 is 2.95 bits per heavy atom. The van der Waals surface area contributed by atoms with Crippen LogP contribution < -0.4 is 0 Å². The second kappa shape index (κ2) is 4.28. The predicted molar refractivity (Wildman–Crippen MR) is 69.2 cm³/mol. The summed E-state index contributed by atoms with van der Waals surface area (Å²) in [5.41, 5.74) is 1.84. The summed E-state index contributed by atoms with van der Waals surface area (Å²) in [7, 11) is 0. The fraction of sp³-hybridized carbons (Fsp3) is 0.143. The van der Waals surface area contributed by atoms with E-state index in [1.54, 1.807) is 19.2 Å². The second-order valence-electron chi connectivity index (χ2n) is 4.36. The predicted octanol–water partition coefficient (Wildman–Crippen LogP) is 2.68. The Labute approximate surface area is 109 Å². The highest BCUT2D eigenvalue weighted by Crippen LogP contribution is 2.19. The fourth-order valence-corrected chi connectivity index (χ4v) is 2.10. The molecule has 0 aliphatic heterocycles. The Kier molecular flexibility index (Phi) is 2.59. The minimum absolute atomic E-state index is 0.0380. The van der Waals surface area contributed by atoms with Gasteiger partial charge in [0.2, 0.25) is 5.76 Å². The maximum Gasteiger partial charge on any atom is 0.371 e. The van der Waals surface area contributed by atoms with Crippen molar-refractivity contribution in [2.75, 3.05) is 0 Å². The summed E-state index contributed by atoms with van der Waals surface area (Å²) in [6.07, 6.45) is 1.79. The van der Waals surface area contributed by atoms with Gasteiger partial charge in [0.1, 0.15) is 5.76 Å². The van der Waals surface area contributed by atoms with Crippen LogP contribution in [0.1, 0.15) is 21.9 Å². The van der Waals surface area contributed by atoms with Crippen molar-refractivity contribution in [3.63, 3.8) is 0 Å². The molecular formula is C14H12N2O3. The number of benzene rings is 1. The first-order valence-electron chi connectivity index (χ1n) is 5.88. The number of hydrogen-bond acceptors (Lipinski definition) is 3. The first-order valence-corrected chi connectivity index (χ1v) is 5.88. The summed E-state index contributed by atoms with van der Waals surface area (Å²) in [6.45, 7) is 2.25. The van der Waals surface area contributed by atoms with Crippen LogP contribution in [-0.2, 0) is 6.54 Å². The molecule has 0 unspecified atom stereocenters. The van der Waals surface area contributed by atoms with E-state index in [2.05, 4.69) is 5.10 Å². The summed E-state index contributed by atoms with van der Waals surface area (Å²) in [4.78, 5) is 10.9. The number of carboxylic acid groups (broad SMARTS) is 1. The van der Waals surface area contributed by atoms with E-state index in [9.17, 15) is 4.79 Å². The fourth-order valence-electron chi connectivity index (χ4n) is 2.10. The second-order valence-corrected chi connectivity index (χ2v) is 4.36. The lowest BCUT2D eigenvalue weighted by Gasteiger charge is -2.01. The molecule has 0 bridgehead atoms. The van der Waals surface area contributed by atoms with E-state index in [1.807, 2.05) is 28.9 Å². The van der Waals surface area contributed by atoms with Gasteiger partial charge in [-0.15, -0.1) is 0 Å². The minimum atomic E-state index is -1.06. The average Bonchev–Trinajstić information content (AvgIpc) is 2.96. The molecule has 0 aliphatic rings. The molecule has 5 heteroatoms. The van der Waals surface area contributed by atoms with Gasteiger partial charge >= 0.3 is 5.97 Å². The number of rotatable bonds is 3. The van der Waals surface area contributed by atoms with Crippen molar-refractivity contribution in [3.8, 4) is 0 Å². The van der Waals surface area contributed by atoms with Gasteiger partial charge in [-0.25, -0.2) is 4.79 Å². The number of aromatic carboxylic acids is 1. The van der Waals surface area contributed by atoms with Crippen LogP contribution >= 0.6 is 0 Å². The molecule has 0 saturated carbocycles. The SMILES string of the molecule is Cc1oc(C(=O)O)cc1Cn1ncc2ccccc21. The maximum atomic E-state index is 10.9. The van der Waals surface area contributed by atoms with E-state index in [0.29, 0.717) is 12.3 Å². The molecule has 1 N–H and O–H groups in total.